The van der Waals surface area contributed by atoms with Crippen molar-refractivity contribution in [1.29, 1.82) is 0 Å². The van der Waals surface area contributed by atoms with Gasteiger partial charge in [-0.3, -0.25) is 9.69 Å². The molecule has 2 aromatic rings. The Kier molecular flexibility index (Phi) is 5.90. The lowest BCUT2D eigenvalue weighted by Crippen LogP contribution is -2.69. The van der Waals surface area contributed by atoms with Gasteiger partial charge in [-0.15, -0.1) is 0 Å². The predicted octanol–water partition coefficient (Wildman–Crippen LogP) is 1.87. The van der Waals surface area contributed by atoms with Gasteiger partial charge in [0.25, 0.3) is 0 Å². The first kappa shape index (κ1) is 21.7. The first-order valence-corrected chi connectivity index (χ1v) is 10.7. The van der Waals surface area contributed by atoms with Gasteiger partial charge in [0.1, 0.15) is 17.0 Å². The normalized spacial score (nSPS) is 22.0. The maximum absolute atomic E-state index is 14.9. The Balaban J connectivity index is 1.63. The van der Waals surface area contributed by atoms with Crippen LogP contribution >= 0.6 is 27.5 Å². The van der Waals surface area contributed by atoms with Crippen molar-refractivity contribution in [3.05, 3.63) is 49.6 Å². The molecule has 0 amide bonds. The average Bonchev–Trinajstić information content (AvgIpc) is 3.22. The number of likely N-dealkylation sites (tertiary alicyclic amines) is 1. The van der Waals surface area contributed by atoms with Crippen LogP contribution in [0.2, 0.25) is 5.02 Å². The van der Waals surface area contributed by atoms with E-state index >= 15 is 0 Å². The summed E-state index contributed by atoms with van der Waals surface area (Å²) in [5.41, 5.74) is -1.84. The fourth-order valence-electron chi connectivity index (χ4n) is 4.01. The van der Waals surface area contributed by atoms with Gasteiger partial charge in [-0.1, -0.05) is 27.5 Å². The minimum absolute atomic E-state index is 0.0371. The topological polar surface area (TPSA) is 103 Å². The molecule has 30 heavy (non-hydrogen) atoms. The first-order chi connectivity index (χ1) is 14.2. The van der Waals surface area contributed by atoms with Crippen molar-refractivity contribution < 1.29 is 14.6 Å². The molecule has 0 spiro atoms. The highest BCUT2D eigenvalue weighted by Gasteiger charge is 2.50. The van der Waals surface area contributed by atoms with E-state index in [0.717, 1.165) is 28.5 Å². The summed E-state index contributed by atoms with van der Waals surface area (Å²) in [5.74, 6) is -1.08. The summed E-state index contributed by atoms with van der Waals surface area (Å²) in [6, 6.07) is 4.91. The van der Waals surface area contributed by atoms with Gasteiger partial charge in [0.2, 0.25) is 5.82 Å². The maximum Gasteiger partial charge on any atom is 0.304 e. The Hall–Kier alpha value is -1.56. The molecule has 1 aromatic carbocycles. The van der Waals surface area contributed by atoms with Gasteiger partial charge in [-0.25, -0.2) is 4.68 Å². The van der Waals surface area contributed by atoms with E-state index in [2.05, 4.69) is 31.7 Å². The maximum atomic E-state index is 14.9. The fourth-order valence-corrected chi connectivity index (χ4v) is 4.73. The van der Waals surface area contributed by atoms with Gasteiger partial charge >= 0.3 is 5.56 Å². The number of halogens is 3. The Morgan fingerprint density at radius 2 is 2.20 bits per heavy atom. The molecule has 4 N–H and O–H groups in total. The number of aryl methyl sites for hydroxylation is 1. The highest BCUT2D eigenvalue weighted by atomic mass is 79.9. The number of anilines is 2. The van der Waals surface area contributed by atoms with Gasteiger partial charge in [0, 0.05) is 30.7 Å². The van der Waals surface area contributed by atoms with Crippen LogP contribution < -0.4 is 16.2 Å². The zero-order chi connectivity index (χ0) is 21.6. The Morgan fingerprint density at radius 1 is 1.47 bits per heavy atom. The molecule has 2 saturated heterocycles. The van der Waals surface area contributed by atoms with Crippen molar-refractivity contribution >= 4 is 38.9 Å². The van der Waals surface area contributed by atoms with Crippen LogP contribution in [0.25, 0.3) is 0 Å². The molecule has 1 unspecified atom stereocenters. The lowest BCUT2D eigenvalue weighted by Gasteiger charge is -2.51. The second-order valence-corrected chi connectivity index (χ2v) is 9.11. The van der Waals surface area contributed by atoms with E-state index in [1.165, 1.54) is 7.05 Å². The molecule has 1 aromatic heterocycles. The number of hydrogen-bond acceptors (Lipinski definition) is 7. The summed E-state index contributed by atoms with van der Waals surface area (Å²) in [4.78, 5) is 13.7. The van der Waals surface area contributed by atoms with Crippen LogP contribution in [0.3, 0.4) is 0 Å². The number of nitrogens with zero attached hydrogens (tertiary/aromatic N) is 3. The van der Waals surface area contributed by atoms with E-state index in [0.29, 0.717) is 10.7 Å². The molecule has 2 atom stereocenters. The minimum atomic E-state index is -1.32. The third-order valence-electron chi connectivity index (χ3n) is 5.66. The van der Waals surface area contributed by atoms with Gasteiger partial charge in [0.05, 0.1) is 10.7 Å². The number of benzene rings is 1. The number of hydrogen-bond donors (Lipinski definition) is 4. The van der Waals surface area contributed by atoms with Crippen LogP contribution in [0.15, 0.2) is 27.5 Å². The average molecular weight is 503 g/mol. The zero-order valence-corrected chi connectivity index (χ0v) is 18.5. The molecule has 2 fully saturated rings. The summed E-state index contributed by atoms with van der Waals surface area (Å²) in [7, 11) is 1.31. The summed E-state index contributed by atoms with van der Waals surface area (Å²) < 4.78 is 16.5. The molecular weight excluding hydrogens is 481 g/mol. The number of rotatable bonds is 5. The van der Waals surface area contributed by atoms with Gasteiger partial charge in [-0.05, 0) is 37.6 Å². The molecule has 162 valence electrons. The molecule has 0 aliphatic carbocycles. The van der Waals surface area contributed by atoms with E-state index in [-0.39, 0.29) is 30.5 Å². The van der Waals surface area contributed by atoms with Crippen molar-refractivity contribution in [1.82, 2.24) is 20.0 Å². The van der Waals surface area contributed by atoms with E-state index in [9.17, 15) is 19.4 Å². The Bertz CT molecular complexity index is 1020. The minimum Gasteiger partial charge on any atom is -0.386 e. The summed E-state index contributed by atoms with van der Waals surface area (Å²) >= 11 is 9.52. The van der Waals surface area contributed by atoms with Crippen LogP contribution in [-0.4, -0.2) is 56.2 Å². The van der Waals surface area contributed by atoms with Gasteiger partial charge < -0.3 is 20.8 Å². The molecule has 2 aliphatic heterocycles. The highest BCUT2D eigenvalue weighted by Crippen LogP contribution is 2.37. The smallest absolute Gasteiger partial charge is 0.304 e. The third kappa shape index (κ3) is 3.88. The van der Waals surface area contributed by atoms with Crippen molar-refractivity contribution in [2.75, 3.05) is 25.0 Å². The number of β-amino-alcohol motifs (C(OH)–C–C–N with tert-alkyl or cyclic N) is 1. The lowest BCUT2D eigenvalue weighted by atomic mass is 9.84. The quantitative estimate of drug-likeness (QED) is 0.495. The zero-order valence-electron chi connectivity index (χ0n) is 16.2. The third-order valence-corrected chi connectivity index (χ3v) is 6.46. The van der Waals surface area contributed by atoms with Crippen molar-refractivity contribution in [3.63, 3.8) is 0 Å². The number of aliphatic hydroxyl groups excluding tert-OH is 1. The largest absolute Gasteiger partial charge is 0.386 e. The summed E-state index contributed by atoms with van der Waals surface area (Å²) in [5, 5.41) is 32.1. The first-order valence-electron chi connectivity index (χ1n) is 9.56. The van der Waals surface area contributed by atoms with Crippen molar-refractivity contribution in [2.24, 2.45) is 7.05 Å². The van der Waals surface area contributed by atoms with Gasteiger partial charge in [-0.2, -0.15) is 9.49 Å². The van der Waals surface area contributed by atoms with Crippen molar-refractivity contribution in [2.45, 2.75) is 30.7 Å². The molecule has 0 saturated carbocycles. The monoisotopic (exact) mass is 501 g/mol. The van der Waals surface area contributed by atoms with E-state index in [1.54, 1.807) is 23.1 Å². The van der Waals surface area contributed by atoms with Gasteiger partial charge in [0.15, 0.2) is 6.23 Å². The summed E-state index contributed by atoms with van der Waals surface area (Å²) in [6.07, 6.45) is 0.539. The fraction of sp³-hybridized carbons (Fsp3) is 0.474. The van der Waals surface area contributed by atoms with Crippen LogP contribution in [0, 0.1) is 5.82 Å². The number of aliphatic hydroxyl groups is 2. The SMILES string of the molecule is Cn1nc(C(O)N2CC(O)([C@H]3CCCN3)C2)c(Nc2ccc(Br)cc2Cl)c(F)c1=O. The molecule has 4 rings (SSSR count). The molecule has 2 aliphatic rings. The van der Waals surface area contributed by atoms with E-state index < -0.39 is 23.2 Å². The molecular formula is C19H22BrClFN5O3. The predicted molar refractivity (Wildman–Crippen MR) is 114 cm³/mol. The second kappa shape index (κ2) is 8.18. The number of aromatic nitrogens is 2. The molecule has 0 radical (unpaired) electrons. The van der Waals surface area contributed by atoms with Crippen LogP contribution in [-0.2, 0) is 7.05 Å². The highest BCUT2D eigenvalue weighted by molar-refractivity contribution is 9.10. The number of nitrogens with one attached hydrogen (secondary N) is 2. The van der Waals surface area contributed by atoms with E-state index in [1.807, 2.05) is 0 Å². The van der Waals surface area contributed by atoms with Crippen molar-refractivity contribution in [3.8, 4) is 0 Å². The molecule has 8 nitrogen and oxygen atoms in total. The molecule has 11 heteroatoms. The molecule has 0 bridgehead atoms. The second-order valence-electron chi connectivity index (χ2n) is 7.78. The van der Waals surface area contributed by atoms with Crippen LogP contribution in [0.5, 0.6) is 0 Å². The Labute approximate surface area is 185 Å². The van der Waals surface area contributed by atoms with Crippen LogP contribution in [0.4, 0.5) is 15.8 Å². The lowest BCUT2D eigenvalue weighted by molar-refractivity contribution is -0.175. The van der Waals surface area contributed by atoms with Crippen LogP contribution in [0.1, 0.15) is 24.8 Å². The summed E-state index contributed by atoms with van der Waals surface area (Å²) in [6.45, 7) is 1.26. The molecule has 3 heterocycles. The van der Waals surface area contributed by atoms with E-state index in [4.69, 9.17) is 11.6 Å². The standard InChI is InChI=1S/C19H22BrClFN5O3/c1-26-17(28)14(22)15(24-12-5-4-10(20)7-11(12)21)16(25-26)18(29)27-8-19(30,9-27)13-3-2-6-23-13/h4-5,7,13,18,23-24,29-30H,2-3,6,8-9H2,1H3/t13-,18?/m1/s1. The Morgan fingerprint density at radius 3 is 2.83 bits per heavy atom.